The first-order valence-electron chi connectivity index (χ1n) is 9.00. The normalized spacial score (nSPS) is 12.0. The van der Waals surface area contributed by atoms with E-state index in [0.29, 0.717) is 18.5 Å². The van der Waals surface area contributed by atoms with Crippen molar-refractivity contribution in [3.8, 4) is 0 Å². The van der Waals surface area contributed by atoms with Crippen LogP contribution in [-0.2, 0) is 16.6 Å². The monoisotopic (exact) mass is 384 g/mol. The van der Waals surface area contributed by atoms with Crippen LogP contribution in [0.25, 0.3) is 10.9 Å². The van der Waals surface area contributed by atoms with Crippen molar-refractivity contribution in [2.45, 2.75) is 38.6 Å². The smallest absolute Gasteiger partial charge is 0.252 e. The summed E-state index contributed by atoms with van der Waals surface area (Å²) < 4.78 is 27.5. The average Bonchev–Trinajstić information content (AvgIpc) is 2.62. The number of aromatic nitrogens is 1. The highest BCUT2D eigenvalue weighted by Gasteiger charge is 2.24. The van der Waals surface area contributed by atoms with Crippen molar-refractivity contribution in [3.63, 3.8) is 0 Å². The molecule has 3 rings (SSSR count). The second kappa shape index (κ2) is 7.66. The van der Waals surface area contributed by atoms with E-state index < -0.39 is 10.0 Å². The SMILES string of the molecule is CCCN(Cc1cc2cc(C)ccc2[nH]c1=O)S(=O)(=O)c1ccc(C)cc1. The van der Waals surface area contributed by atoms with Crippen LogP contribution in [0.5, 0.6) is 0 Å². The Balaban J connectivity index is 2.01. The molecule has 142 valence electrons. The number of aromatic amines is 1. The van der Waals surface area contributed by atoms with Crippen LogP contribution in [0.3, 0.4) is 0 Å². The van der Waals surface area contributed by atoms with E-state index in [1.807, 2.05) is 39.0 Å². The van der Waals surface area contributed by atoms with Crippen molar-refractivity contribution in [3.05, 3.63) is 75.6 Å². The molecule has 0 fully saturated rings. The molecule has 1 heterocycles. The van der Waals surface area contributed by atoms with E-state index in [-0.39, 0.29) is 17.0 Å². The average molecular weight is 385 g/mol. The van der Waals surface area contributed by atoms with Crippen molar-refractivity contribution in [1.82, 2.24) is 9.29 Å². The van der Waals surface area contributed by atoms with Crippen LogP contribution in [0.2, 0.25) is 0 Å². The van der Waals surface area contributed by atoms with Gasteiger partial charge in [0.15, 0.2) is 0 Å². The van der Waals surface area contributed by atoms with Gasteiger partial charge in [-0.25, -0.2) is 8.42 Å². The molecule has 0 aliphatic rings. The van der Waals surface area contributed by atoms with Gasteiger partial charge in [0.2, 0.25) is 10.0 Å². The molecule has 0 saturated carbocycles. The maximum absolute atomic E-state index is 13.1. The van der Waals surface area contributed by atoms with Crippen molar-refractivity contribution >= 4 is 20.9 Å². The van der Waals surface area contributed by atoms with Gasteiger partial charge in [-0.3, -0.25) is 4.79 Å². The summed E-state index contributed by atoms with van der Waals surface area (Å²) in [5.41, 5.74) is 3.01. The van der Waals surface area contributed by atoms with E-state index >= 15 is 0 Å². The van der Waals surface area contributed by atoms with Crippen molar-refractivity contribution in [2.75, 3.05) is 6.54 Å². The summed E-state index contributed by atoms with van der Waals surface area (Å²) in [6, 6.07) is 14.3. The number of aryl methyl sites for hydroxylation is 2. The maximum atomic E-state index is 13.1. The Morgan fingerprint density at radius 2 is 1.63 bits per heavy atom. The number of hydrogen-bond donors (Lipinski definition) is 1. The Kier molecular flexibility index (Phi) is 5.48. The van der Waals surface area contributed by atoms with E-state index in [9.17, 15) is 13.2 Å². The third kappa shape index (κ3) is 4.12. The summed E-state index contributed by atoms with van der Waals surface area (Å²) in [6.07, 6.45) is 0.662. The number of nitrogens with one attached hydrogen (secondary N) is 1. The summed E-state index contributed by atoms with van der Waals surface area (Å²) in [4.78, 5) is 15.6. The molecule has 0 saturated heterocycles. The first kappa shape index (κ1) is 19.3. The number of fused-ring (bicyclic) bond motifs is 1. The fraction of sp³-hybridized carbons (Fsp3) is 0.286. The summed E-state index contributed by atoms with van der Waals surface area (Å²) >= 11 is 0. The summed E-state index contributed by atoms with van der Waals surface area (Å²) in [6.45, 7) is 6.21. The molecular weight excluding hydrogens is 360 g/mol. The van der Waals surface area contributed by atoms with E-state index in [1.165, 1.54) is 4.31 Å². The van der Waals surface area contributed by atoms with Gasteiger partial charge in [0.1, 0.15) is 0 Å². The molecule has 0 radical (unpaired) electrons. The molecule has 3 aromatic rings. The van der Waals surface area contributed by atoms with E-state index in [0.717, 1.165) is 22.0 Å². The van der Waals surface area contributed by atoms with Gasteiger partial charge in [-0.2, -0.15) is 4.31 Å². The van der Waals surface area contributed by atoms with Gasteiger partial charge in [0.05, 0.1) is 4.90 Å². The number of nitrogens with zero attached hydrogens (tertiary/aromatic N) is 1. The van der Waals surface area contributed by atoms with Crippen molar-refractivity contribution in [2.24, 2.45) is 0 Å². The minimum absolute atomic E-state index is 0.0449. The van der Waals surface area contributed by atoms with Crippen molar-refractivity contribution in [1.29, 1.82) is 0 Å². The molecule has 1 aromatic heterocycles. The van der Waals surface area contributed by atoms with Crippen molar-refractivity contribution < 1.29 is 8.42 Å². The van der Waals surface area contributed by atoms with Crippen LogP contribution in [0.1, 0.15) is 30.0 Å². The quantitative estimate of drug-likeness (QED) is 0.704. The first-order valence-corrected chi connectivity index (χ1v) is 10.4. The lowest BCUT2D eigenvalue weighted by molar-refractivity contribution is 0.404. The Bertz CT molecular complexity index is 1120. The molecule has 5 nitrogen and oxygen atoms in total. The molecule has 0 unspecified atom stereocenters. The Morgan fingerprint density at radius 1 is 0.963 bits per heavy atom. The number of benzene rings is 2. The lowest BCUT2D eigenvalue weighted by Crippen LogP contribution is -2.33. The number of sulfonamides is 1. The highest BCUT2D eigenvalue weighted by atomic mass is 32.2. The Morgan fingerprint density at radius 3 is 2.30 bits per heavy atom. The molecule has 0 atom stereocenters. The van der Waals surface area contributed by atoms with Crippen LogP contribution in [0.15, 0.2) is 58.2 Å². The molecule has 0 amide bonds. The molecule has 0 spiro atoms. The second-order valence-electron chi connectivity index (χ2n) is 6.87. The standard InChI is InChI=1S/C21H24N2O3S/c1-4-11-23(27(25,26)19-8-5-15(2)6-9-19)14-18-13-17-12-16(3)7-10-20(17)22-21(18)24/h5-10,12-13H,4,11,14H2,1-3H3,(H,22,24). The van der Waals surface area contributed by atoms with Gasteiger partial charge in [-0.15, -0.1) is 0 Å². The largest absolute Gasteiger partial charge is 0.322 e. The molecule has 6 heteroatoms. The zero-order chi connectivity index (χ0) is 19.6. The van der Waals surface area contributed by atoms with Crippen LogP contribution in [0.4, 0.5) is 0 Å². The fourth-order valence-corrected chi connectivity index (χ4v) is 4.58. The number of rotatable bonds is 6. The highest BCUT2D eigenvalue weighted by Crippen LogP contribution is 2.20. The zero-order valence-corrected chi connectivity index (χ0v) is 16.6. The highest BCUT2D eigenvalue weighted by molar-refractivity contribution is 7.89. The predicted octanol–water partition coefficient (Wildman–Crippen LogP) is 3.75. The minimum Gasteiger partial charge on any atom is -0.322 e. The third-order valence-electron chi connectivity index (χ3n) is 4.56. The number of H-pyrrole nitrogens is 1. The zero-order valence-electron chi connectivity index (χ0n) is 15.8. The number of pyridine rings is 1. The molecule has 0 aliphatic carbocycles. The summed E-state index contributed by atoms with van der Waals surface area (Å²) in [7, 11) is -3.68. The van der Waals surface area contributed by atoms with Gasteiger partial charge in [-0.1, -0.05) is 36.2 Å². The van der Waals surface area contributed by atoms with Gasteiger partial charge >= 0.3 is 0 Å². The fourth-order valence-electron chi connectivity index (χ4n) is 3.07. The lowest BCUT2D eigenvalue weighted by Gasteiger charge is -2.21. The molecule has 2 aromatic carbocycles. The van der Waals surface area contributed by atoms with Crippen LogP contribution >= 0.6 is 0 Å². The summed E-state index contributed by atoms with van der Waals surface area (Å²) in [5, 5.41) is 0.897. The number of hydrogen-bond acceptors (Lipinski definition) is 3. The van der Waals surface area contributed by atoms with Crippen LogP contribution in [0, 0.1) is 13.8 Å². The van der Waals surface area contributed by atoms with Crippen LogP contribution < -0.4 is 5.56 Å². The first-order chi connectivity index (χ1) is 12.8. The Hall–Kier alpha value is -2.44. The second-order valence-corrected chi connectivity index (χ2v) is 8.80. The summed E-state index contributed by atoms with van der Waals surface area (Å²) in [5.74, 6) is 0. The molecule has 1 N–H and O–H groups in total. The molecule has 0 aliphatic heterocycles. The van der Waals surface area contributed by atoms with E-state index in [2.05, 4.69) is 4.98 Å². The minimum atomic E-state index is -3.68. The topological polar surface area (TPSA) is 70.2 Å². The molecule has 0 bridgehead atoms. The lowest BCUT2D eigenvalue weighted by atomic mass is 10.1. The molecular formula is C21H24N2O3S. The van der Waals surface area contributed by atoms with E-state index in [4.69, 9.17) is 0 Å². The molecule has 27 heavy (non-hydrogen) atoms. The predicted molar refractivity (Wildman–Crippen MR) is 108 cm³/mol. The maximum Gasteiger partial charge on any atom is 0.252 e. The third-order valence-corrected chi connectivity index (χ3v) is 6.41. The Labute approximate surface area is 159 Å². The van der Waals surface area contributed by atoms with E-state index in [1.54, 1.807) is 30.3 Å². The van der Waals surface area contributed by atoms with Crippen LogP contribution in [-0.4, -0.2) is 24.3 Å². The van der Waals surface area contributed by atoms with Gasteiger partial charge in [-0.05, 0) is 56.0 Å². The van der Waals surface area contributed by atoms with Gasteiger partial charge in [0.25, 0.3) is 5.56 Å². The van der Waals surface area contributed by atoms with Gasteiger partial charge < -0.3 is 4.98 Å². The van der Waals surface area contributed by atoms with Gasteiger partial charge in [0, 0.05) is 24.2 Å².